The number of benzene rings is 2. The molecule has 0 radical (unpaired) electrons. The highest BCUT2D eigenvalue weighted by molar-refractivity contribution is 6.05. The molecule has 3 aromatic rings. The molecule has 5 rings (SSSR count). The zero-order valence-electron chi connectivity index (χ0n) is 19.5. The third-order valence-electron chi connectivity index (χ3n) is 7.11. The summed E-state index contributed by atoms with van der Waals surface area (Å²) in [6.07, 6.45) is 5.71. The number of hydrogen-bond donors (Lipinski definition) is 0. The number of anilines is 1. The minimum absolute atomic E-state index is 0.0562. The summed E-state index contributed by atoms with van der Waals surface area (Å²) in [5.41, 5.74) is 3.53. The molecule has 1 saturated heterocycles. The van der Waals surface area contributed by atoms with E-state index in [1.54, 1.807) is 4.90 Å². The Morgan fingerprint density at radius 1 is 0.912 bits per heavy atom. The first kappa shape index (κ1) is 22.5. The van der Waals surface area contributed by atoms with E-state index in [9.17, 15) is 9.59 Å². The van der Waals surface area contributed by atoms with Crippen LogP contribution in [0.25, 0.3) is 0 Å². The molecule has 6 nitrogen and oxygen atoms in total. The number of aryl methyl sites for hydroxylation is 1. The van der Waals surface area contributed by atoms with Gasteiger partial charge in [0.05, 0.1) is 5.69 Å². The SMILES string of the molecule is O=C(c1ccccc1)C1CCN(CCN(C(=O)c2ccccc2)c2onc3c2CCCC3)CC1. The Morgan fingerprint density at radius 2 is 1.56 bits per heavy atom. The van der Waals surface area contributed by atoms with Gasteiger partial charge in [0.2, 0.25) is 5.88 Å². The number of nitrogens with zero attached hydrogens (tertiary/aromatic N) is 3. The number of fused-ring (bicyclic) bond motifs is 1. The van der Waals surface area contributed by atoms with Gasteiger partial charge >= 0.3 is 0 Å². The zero-order valence-corrected chi connectivity index (χ0v) is 19.5. The Kier molecular flexibility index (Phi) is 6.86. The van der Waals surface area contributed by atoms with Gasteiger partial charge in [0.1, 0.15) is 0 Å². The molecule has 0 bridgehead atoms. The molecular weight excluding hydrogens is 426 g/mol. The standard InChI is InChI=1S/C28H31N3O3/c32-26(21-9-3-1-4-10-21)22-15-17-30(18-16-22)19-20-31(27(33)23-11-5-2-6-12-23)28-24-13-7-8-14-25(24)29-34-28/h1-6,9-12,22H,7-8,13-20H2. The van der Waals surface area contributed by atoms with Crippen molar-refractivity contribution in [3.05, 3.63) is 83.0 Å². The topological polar surface area (TPSA) is 66.7 Å². The van der Waals surface area contributed by atoms with Crippen LogP contribution in [-0.2, 0) is 12.8 Å². The number of likely N-dealkylation sites (tertiary alicyclic amines) is 1. The number of amides is 1. The van der Waals surface area contributed by atoms with Crippen LogP contribution in [-0.4, -0.2) is 47.9 Å². The van der Waals surface area contributed by atoms with E-state index in [0.29, 0.717) is 18.0 Å². The molecule has 1 aliphatic carbocycles. The van der Waals surface area contributed by atoms with E-state index in [1.807, 2.05) is 60.7 Å². The lowest BCUT2D eigenvalue weighted by Crippen LogP contribution is -2.43. The fourth-order valence-electron chi connectivity index (χ4n) is 5.12. The molecule has 1 aromatic heterocycles. The second-order valence-corrected chi connectivity index (χ2v) is 9.29. The number of aromatic nitrogens is 1. The van der Waals surface area contributed by atoms with Crippen LogP contribution in [0.3, 0.4) is 0 Å². The van der Waals surface area contributed by atoms with Gasteiger partial charge in [0, 0.05) is 35.7 Å². The van der Waals surface area contributed by atoms with E-state index in [0.717, 1.165) is 75.0 Å². The number of hydrogen-bond acceptors (Lipinski definition) is 5. The Balaban J connectivity index is 1.26. The monoisotopic (exact) mass is 457 g/mol. The number of carbonyl (C=O) groups excluding carboxylic acids is 2. The molecule has 0 atom stereocenters. The molecule has 176 valence electrons. The van der Waals surface area contributed by atoms with Crippen molar-refractivity contribution in [2.45, 2.75) is 38.5 Å². The van der Waals surface area contributed by atoms with Crippen molar-refractivity contribution in [2.24, 2.45) is 5.92 Å². The lowest BCUT2D eigenvalue weighted by atomic mass is 9.89. The Labute approximate surface area is 200 Å². The normalized spacial score (nSPS) is 16.7. The molecule has 0 unspecified atom stereocenters. The van der Waals surface area contributed by atoms with Crippen molar-refractivity contribution in [3.63, 3.8) is 0 Å². The number of piperidine rings is 1. The summed E-state index contributed by atoms with van der Waals surface area (Å²) in [4.78, 5) is 30.4. The molecule has 1 fully saturated rings. The third kappa shape index (κ3) is 4.82. The molecule has 0 spiro atoms. The molecule has 2 aliphatic rings. The number of ketones is 1. The summed E-state index contributed by atoms with van der Waals surface area (Å²) in [6.45, 7) is 2.98. The van der Waals surface area contributed by atoms with Gasteiger partial charge in [-0.05, 0) is 63.7 Å². The molecule has 6 heteroatoms. The number of rotatable bonds is 7. The van der Waals surface area contributed by atoms with Crippen molar-refractivity contribution >= 4 is 17.6 Å². The third-order valence-corrected chi connectivity index (χ3v) is 7.11. The predicted octanol–water partition coefficient (Wildman–Crippen LogP) is 4.80. The van der Waals surface area contributed by atoms with Crippen LogP contribution in [0.2, 0.25) is 0 Å². The van der Waals surface area contributed by atoms with Crippen LogP contribution >= 0.6 is 0 Å². The maximum Gasteiger partial charge on any atom is 0.260 e. The van der Waals surface area contributed by atoms with E-state index in [-0.39, 0.29) is 17.6 Å². The first-order valence-corrected chi connectivity index (χ1v) is 12.4. The molecule has 0 N–H and O–H groups in total. The Hall–Kier alpha value is -3.25. The summed E-state index contributed by atoms with van der Waals surface area (Å²) in [6, 6.07) is 19.0. The molecule has 2 heterocycles. The predicted molar refractivity (Wildman–Crippen MR) is 131 cm³/mol. The average molecular weight is 458 g/mol. The Morgan fingerprint density at radius 3 is 2.26 bits per heavy atom. The van der Waals surface area contributed by atoms with E-state index < -0.39 is 0 Å². The van der Waals surface area contributed by atoms with Crippen LogP contribution < -0.4 is 4.90 Å². The molecule has 1 amide bonds. The lowest BCUT2D eigenvalue weighted by molar-refractivity contribution is 0.0841. The number of Topliss-reactive ketones (excluding diaryl/α,β-unsaturated/α-hetero) is 1. The van der Waals surface area contributed by atoms with E-state index in [2.05, 4.69) is 10.1 Å². The smallest absolute Gasteiger partial charge is 0.260 e. The molecule has 0 saturated carbocycles. The molecule has 1 aliphatic heterocycles. The van der Waals surface area contributed by atoms with Gasteiger partial charge in [-0.2, -0.15) is 0 Å². The van der Waals surface area contributed by atoms with Crippen LogP contribution in [0.1, 0.15) is 57.7 Å². The largest absolute Gasteiger partial charge is 0.338 e. The molecular formula is C28H31N3O3. The van der Waals surface area contributed by atoms with Crippen LogP contribution in [0.5, 0.6) is 0 Å². The first-order valence-electron chi connectivity index (χ1n) is 12.4. The summed E-state index contributed by atoms with van der Waals surface area (Å²) in [7, 11) is 0. The Bertz CT molecular complexity index is 1120. The van der Waals surface area contributed by atoms with Gasteiger partial charge in [0.15, 0.2) is 5.78 Å². The first-order chi connectivity index (χ1) is 16.7. The quantitative estimate of drug-likeness (QED) is 0.477. The van der Waals surface area contributed by atoms with Gasteiger partial charge in [-0.25, -0.2) is 0 Å². The highest BCUT2D eigenvalue weighted by Gasteiger charge is 2.30. The van der Waals surface area contributed by atoms with Gasteiger partial charge in [0.25, 0.3) is 5.91 Å². The van der Waals surface area contributed by atoms with Crippen LogP contribution in [0.4, 0.5) is 5.88 Å². The summed E-state index contributed by atoms with van der Waals surface area (Å²) < 4.78 is 5.75. The summed E-state index contributed by atoms with van der Waals surface area (Å²) in [5.74, 6) is 0.869. The van der Waals surface area contributed by atoms with Crippen molar-refractivity contribution in [2.75, 3.05) is 31.1 Å². The minimum Gasteiger partial charge on any atom is -0.338 e. The van der Waals surface area contributed by atoms with E-state index in [1.165, 1.54) is 0 Å². The van der Waals surface area contributed by atoms with E-state index in [4.69, 9.17) is 4.52 Å². The van der Waals surface area contributed by atoms with Crippen LogP contribution in [0, 0.1) is 5.92 Å². The van der Waals surface area contributed by atoms with E-state index >= 15 is 0 Å². The second-order valence-electron chi connectivity index (χ2n) is 9.29. The van der Waals surface area contributed by atoms with Crippen molar-refractivity contribution in [3.8, 4) is 0 Å². The number of carbonyl (C=O) groups is 2. The fourth-order valence-corrected chi connectivity index (χ4v) is 5.12. The maximum atomic E-state index is 13.5. The summed E-state index contributed by atoms with van der Waals surface area (Å²) in [5, 5.41) is 4.29. The van der Waals surface area contributed by atoms with Gasteiger partial charge in [-0.3, -0.25) is 14.5 Å². The highest BCUT2D eigenvalue weighted by Crippen LogP contribution is 2.31. The van der Waals surface area contributed by atoms with Gasteiger partial charge in [-0.1, -0.05) is 53.7 Å². The fraction of sp³-hybridized carbons (Fsp3) is 0.393. The van der Waals surface area contributed by atoms with Crippen LogP contribution in [0.15, 0.2) is 65.2 Å². The highest BCUT2D eigenvalue weighted by atomic mass is 16.5. The van der Waals surface area contributed by atoms with Crippen molar-refractivity contribution in [1.82, 2.24) is 10.1 Å². The molecule has 2 aromatic carbocycles. The average Bonchev–Trinajstić information content (AvgIpc) is 3.34. The van der Waals surface area contributed by atoms with Gasteiger partial charge in [-0.15, -0.1) is 0 Å². The lowest BCUT2D eigenvalue weighted by Gasteiger charge is -2.32. The maximum absolute atomic E-state index is 13.5. The van der Waals surface area contributed by atoms with Crippen molar-refractivity contribution < 1.29 is 14.1 Å². The van der Waals surface area contributed by atoms with Crippen molar-refractivity contribution in [1.29, 1.82) is 0 Å². The van der Waals surface area contributed by atoms with Gasteiger partial charge < -0.3 is 9.42 Å². The zero-order chi connectivity index (χ0) is 23.3. The molecule has 34 heavy (non-hydrogen) atoms. The second kappa shape index (κ2) is 10.3. The minimum atomic E-state index is -0.0562. The summed E-state index contributed by atoms with van der Waals surface area (Å²) >= 11 is 0.